The fourth-order valence-electron chi connectivity index (χ4n) is 2.21. The number of ether oxygens (including phenoxy) is 1. The van der Waals surface area contributed by atoms with Crippen LogP contribution in [0.5, 0.6) is 5.75 Å². The average molecular weight is 325 g/mol. The molecule has 0 saturated heterocycles. The van der Waals surface area contributed by atoms with Gasteiger partial charge < -0.3 is 15.0 Å². The molecule has 0 atom stereocenters. The molecule has 0 unspecified atom stereocenters. The Kier molecular flexibility index (Phi) is 4.56. The van der Waals surface area contributed by atoms with Gasteiger partial charge in [-0.2, -0.15) is 0 Å². The molecule has 5 nitrogen and oxygen atoms in total. The molecule has 0 saturated carbocycles. The Morgan fingerprint density at radius 2 is 2.04 bits per heavy atom. The molecular formula is C18H16FN3O2. The predicted molar refractivity (Wildman–Crippen MR) is 89.3 cm³/mol. The Morgan fingerprint density at radius 1 is 1.25 bits per heavy atom. The molecule has 1 heterocycles. The van der Waals surface area contributed by atoms with E-state index in [1.165, 1.54) is 24.3 Å². The normalized spacial score (nSPS) is 10.4. The molecule has 2 aromatic carbocycles. The van der Waals surface area contributed by atoms with Gasteiger partial charge in [0.15, 0.2) is 6.61 Å². The van der Waals surface area contributed by atoms with Crippen molar-refractivity contribution in [1.82, 2.24) is 9.97 Å². The summed E-state index contributed by atoms with van der Waals surface area (Å²) in [5.41, 5.74) is 2.46. The van der Waals surface area contributed by atoms with Crippen LogP contribution in [0.3, 0.4) is 0 Å². The second kappa shape index (κ2) is 6.95. The Bertz CT molecular complexity index is 843. The number of carbonyl (C=O) groups excluding carboxylic acids is 1. The highest BCUT2D eigenvalue weighted by molar-refractivity contribution is 5.92. The average Bonchev–Trinajstić information content (AvgIpc) is 3.01. The number of amides is 1. The minimum atomic E-state index is -0.349. The minimum Gasteiger partial charge on any atom is -0.484 e. The van der Waals surface area contributed by atoms with Crippen LogP contribution in [-0.4, -0.2) is 22.5 Å². The zero-order valence-electron chi connectivity index (χ0n) is 13.0. The molecule has 0 aliphatic rings. The summed E-state index contributed by atoms with van der Waals surface area (Å²) in [4.78, 5) is 19.3. The maximum absolute atomic E-state index is 12.8. The van der Waals surface area contributed by atoms with E-state index in [9.17, 15) is 9.18 Å². The lowest BCUT2D eigenvalue weighted by Crippen LogP contribution is -2.20. The molecular weight excluding hydrogens is 309 g/mol. The zero-order chi connectivity index (χ0) is 16.9. The fourth-order valence-corrected chi connectivity index (χ4v) is 2.21. The highest BCUT2D eigenvalue weighted by Gasteiger charge is 2.06. The molecule has 3 aromatic rings. The van der Waals surface area contributed by atoms with Crippen LogP contribution in [0, 0.1) is 12.7 Å². The number of aryl methyl sites for hydroxylation is 1. The third-order valence-corrected chi connectivity index (χ3v) is 3.34. The second-order valence-corrected chi connectivity index (χ2v) is 5.25. The van der Waals surface area contributed by atoms with Crippen molar-refractivity contribution in [1.29, 1.82) is 0 Å². The molecule has 3 rings (SSSR count). The third-order valence-electron chi connectivity index (χ3n) is 3.34. The Morgan fingerprint density at radius 3 is 2.75 bits per heavy atom. The van der Waals surface area contributed by atoms with Gasteiger partial charge in [0.1, 0.15) is 17.4 Å². The molecule has 122 valence electrons. The van der Waals surface area contributed by atoms with E-state index >= 15 is 0 Å². The lowest BCUT2D eigenvalue weighted by Gasteiger charge is -2.08. The molecule has 0 spiro atoms. The van der Waals surface area contributed by atoms with E-state index < -0.39 is 0 Å². The SMILES string of the molecule is Cc1ncc(-c2cccc(NC(=O)COc3ccc(F)cc3)c2)[nH]1. The number of aromatic amines is 1. The van der Waals surface area contributed by atoms with Gasteiger partial charge in [-0.1, -0.05) is 12.1 Å². The van der Waals surface area contributed by atoms with Crippen LogP contribution >= 0.6 is 0 Å². The van der Waals surface area contributed by atoms with E-state index in [0.717, 1.165) is 17.1 Å². The Labute approximate surface area is 138 Å². The van der Waals surface area contributed by atoms with E-state index in [1.807, 2.05) is 25.1 Å². The molecule has 0 aliphatic heterocycles. The molecule has 0 bridgehead atoms. The van der Waals surface area contributed by atoms with Crippen LogP contribution in [0.1, 0.15) is 5.82 Å². The maximum atomic E-state index is 12.8. The van der Waals surface area contributed by atoms with Crippen molar-refractivity contribution >= 4 is 11.6 Å². The van der Waals surface area contributed by atoms with Crippen molar-refractivity contribution in [2.75, 3.05) is 11.9 Å². The summed E-state index contributed by atoms with van der Waals surface area (Å²) in [7, 11) is 0. The number of imidazole rings is 1. The molecule has 24 heavy (non-hydrogen) atoms. The van der Waals surface area contributed by atoms with E-state index in [0.29, 0.717) is 11.4 Å². The van der Waals surface area contributed by atoms with Gasteiger partial charge in [0, 0.05) is 11.3 Å². The summed E-state index contributed by atoms with van der Waals surface area (Å²) in [5, 5.41) is 2.77. The monoisotopic (exact) mass is 325 g/mol. The quantitative estimate of drug-likeness (QED) is 0.754. The largest absolute Gasteiger partial charge is 0.484 e. The minimum absolute atomic E-state index is 0.154. The lowest BCUT2D eigenvalue weighted by molar-refractivity contribution is -0.118. The van der Waals surface area contributed by atoms with Crippen molar-refractivity contribution < 1.29 is 13.9 Å². The summed E-state index contributed by atoms with van der Waals surface area (Å²) in [6.07, 6.45) is 1.74. The van der Waals surface area contributed by atoms with Gasteiger partial charge in [-0.3, -0.25) is 4.79 Å². The van der Waals surface area contributed by atoms with Crippen LogP contribution < -0.4 is 10.1 Å². The van der Waals surface area contributed by atoms with E-state index in [4.69, 9.17) is 4.74 Å². The van der Waals surface area contributed by atoms with Crippen molar-refractivity contribution in [2.24, 2.45) is 0 Å². The van der Waals surface area contributed by atoms with Gasteiger partial charge in [0.05, 0.1) is 11.9 Å². The second-order valence-electron chi connectivity index (χ2n) is 5.25. The van der Waals surface area contributed by atoms with Crippen molar-refractivity contribution in [2.45, 2.75) is 6.92 Å². The summed E-state index contributed by atoms with van der Waals surface area (Å²) in [5.74, 6) is 0.621. The number of benzene rings is 2. The highest BCUT2D eigenvalue weighted by atomic mass is 19.1. The van der Waals surface area contributed by atoms with Crippen molar-refractivity contribution in [3.05, 3.63) is 66.4 Å². The Hall–Kier alpha value is -3.15. The van der Waals surface area contributed by atoms with Crippen LogP contribution in [0.4, 0.5) is 10.1 Å². The number of H-pyrrole nitrogens is 1. The number of hydrogen-bond donors (Lipinski definition) is 2. The molecule has 2 N–H and O–H groups in total. The number of carbonyl (C=O) groups is 1. The first-order valence-corrected chi connectivity index (χ1v) is 7.40. The molecule has 1 aromatic heterocycles. The number of aromatic nitrogens is 2. The van der Waals surface area contributed by atoms with Gasteiger partial charge in [-0.05, 0) is 43.3 Å². The summed E-state index contributed by atoms with van der Waals surface area (Å²) < 4.78 is 18.1. The van der Waals surface area contributed by atoms with Gasteiger partial charge in [-0.15, -0.1) is 0 Å². The molecule has 1 amide bonds. The first-order chi connectivity index (χ1) is 11.6. The number of halogens is 1. The number of rotatable bonds is 5. The number of hydrogen-bond acceptors (Lipinski definition) is 3. The van der Waals surface area contributed by atoms with Gasteiger partial charge >= 0.3 is 0 Å². The Balaban J connectivity index is 1.61. The predicted octanol–water partition coefficient (Wildman–Crippen LogP) is 3.54. The zero-order valence-corrected chi connectivity index (χ0v) is 13.0. The summed E-state index contributed by atoms with van der Waals surface area (Å²) in [6, 6.07) is 12.9. The smallest absolute Gasteiger partial charge is 0.262 e. The third kappa shape index (κ3) is 3.98. The van der Waals surface area contributed by atoms with E-state index in [-0.39, 0.29) is 18.3 Å². The lowest BCUT2D eigenvalue weighted by atomic mass is 10.1. The van der Waals surface area contributed by atoms with Crippen LogP contribution in [-0.2, 0) is 4.79 Å². The molecule has 0 aliphatic carbocycles. The fraction of sp³-hybridized carbons (Fsp3) is 0.111. The number of anilines is 1. The molecule has 0 radical (unpaired) electrons. The van der Waals surface area contributed by atoms with Crippen molar-refractivity contribution in [3.8, 4) is 17.0 Å². The number of nitrogens with zero attached hydrogens (tertiary/aromatic N) is 1. The van der Waals surface area contributed by atoms with Gasteiger partial charge in [0.25, 0.3) is 5.91 Å². The first-order valence-electron chi connectivity index (χ1n) is 7.40. The van der Waals surface area contributed by atoms with Gasteiger partial charge in [-0.25, -0.2) is 9.37 Å². The molecule has 6 heteroatoms. The topological polar surface area (TPSA) is 67.0 Å². The van der Waals surface area contributed by atoms with Crippen molar-refractivity contribution in [3.63, 3.8) is 0 Å². The maximum Gasteiger partial charge on any atom is 0.262 e. The van der Waals surface area contributed by atoms with Gasteiger partial charge in [0.2, 0.25) is 0 Å². The van der Waals surface area contributed by atoms with Crippen LogP contribution in [0.25, 0.3) is 11.3 Å². The van der Waals surface area contributed by atoms with Crippen LogP contribution in [0.2, 0.25) is 0 Å². The van der Waals surface area contributed by atoms with Crippen LogP contribution in [0.15, 0.2) is 54.7 Å². The molecule has 0 fully saturated rings. The standard InChI is InChI=1S/C18H16FN3O2/c1-12-20-10-17(21-12)13-3-2-4-15(9-13)22-18(23)11-24-16-7-5-14(19)6-8-16/h2-10H,11H2,1H3,(H,20,21)(H,22,23). The first kappa shape index (κ1) is 15.7. The van der Waals surface area contributed by atoms with E-state index in [2.05, 4.69) is 15.3 Å². The number of nitrogens with one attached hydrogen (secondary N) is 2. The summed E-state index contributed by atoms with van der Waals surface area (Å²) >= 11 is 0. The summed E-state index contributed by atoms with van der Waals surface area (Å²) in [6.45, 7) is 1.72. The van der Waals surface area contributed by atoms with E-state index in [1.54, 1.807) is 12.3 Å². The highest BCUT2D eigenvalue weighted by Crippen LogP contribution is 2.21.